The molecule has 146 valence electrons. The Bertz CT molecular complexity index is 484. The third kappa shape index (κ3) is 6.91. The predicted octanol–water partition coefficient (Wildman–Crippen LogP) is 4.98. The molecule has 0 saturated carbocycles. The molecule has 0 aromatic heterocycles. The van der Waals surface area contributed by atoms with E-state index in [-0.39, 0.29) is 5.54 Å². The summed E-state index contributed by atoms with van der Waals surface area (Å²) < 4.78 is 16.3. The summed E-state index contributed by atoms with van der Waals surface area (Å²) in [5, 5.41) is 0. The average molecular weight is 372 g/mol. The van der Waals surface area contributed by atoms with Crippen LogP contribution < -0.4 is 5.73 Å². The maximum absolute atomic E-state index is 6.43. The molecule has 0 aliphatic rings. The number of aryl methyl sites for hydroxylation is 1. The molecule has 5 heteroatoms. The van der Waals surface area contributed by atoms with E-state index in [1.165, 1.54) is 11.1 Å². The Morgan fingerprint density at radius 3 is 1.92 bits per heavy atom. The molecule has 2 N–H and O–H groups in total. The summed E-state index contributed by atoms with van der Waals surface area (Å²) in [7, 11) is 3.07. The highest BCUT2D eigenvalue weighted by Crippen LogP contribution is 2.49. The Labute approximate surface area is 156 Å². The van der Waals surface area contributed by atoms with E-state index in [4.69, 9.17) is 18.3 Å². The van der Waals surface area contributed by atoms with Crippen LogP contribution in [0, 0.1) is 5.92 Å². The lowest BCUT2D eigenvalue weighted by molar-refractivity contribution is 0.248. The number of rotatable bonds is 11. The van der Waals surface area contributed by atoms with E-state index in [0.717, 1.165) is 25.0 Å². The highest BCUT2D eigenvalue weighted by Gasteiger charge is 2.27. The lowest BCUT2D eigenvalue weighted by atomic mass is 9.77. The van der Waals surface area contributed by atoms with Gasteiger partial charge in [0, 0.05) is 17.2 Å². The van der Waals surface area contributed by atoms with Crippen molar-refractivity contribution in [3.05, 3.63) is 35.4 Å². The van der Waals surface area contributed by atoms with Crippen molar-refractivity contribution in [2.45, 2.75) is 58.4 Å². The lowest BCUT2D eigenvalue weighted by Crippen LogP contribution is -2.39. The second-order valence-corrected chi connectivity index (χ2v) is 10.1. The van der Waals surface area contributed by atoms with Crippen LogP contribution in [0.4, 0.5) is 0 Å². The molecular formula is C20H37NO3S. The quantitative estimate of drug-likeness (QED) is 0.596. The molecule has 4 nitrogen and oxygen atoms in total. The number of benzene rings is 1. The Hall–Kier alpha value is -0.590. The zero-order chi connectivity index (χ0) is 19.1. The number of nitrogens with two attached hydrogens (primary N) is 1. The third-order valence-electron chi connectivity index (χ3n) is 4.61. The minimum absolute atomic E-state index is 0.218. The van der Waals surface area contributed by atoms with Crippen LogP contribution in [0.2, 0.25) is 0 Å². The van der Waals surface area contributed by atoms with Crippen LogP contribution in [0.3, 0.4) is 0 Å². The van der Waals surface area contributed by atoms with Crippen molar-refractivity contribution >= 4 is 10.9 Å². The van der Waals surface area contributed by atoms with E-state index in [2.05, 4.69) is 52.0 Å². The van der Waals surface area contributed by atoms with Crippen LogP contribution >= 0.6 is 10.9 Å². The van der Waals surface area contributed by atoms with Gasteiger partial charge in [-0.15, -0.1) is 0 Å². The smallest absolute Gasteiger partial charge is 0.0879 e. The molecule has 1 aromatic carbocycles. The first kappa shape index (κ1) is 22.5. The van der Waals surface area contributed by atoms with Crippen LogP contribution in [-0.2, 0) is 19.0 Å². The fraction of sp³-hybridized carbons (Fsp3) is 0.700. The molecule has 0 radical (unpaired) electrons. The molecule has 0 amide bonds. The number of hydrogen-bond donors (Lipinski definition) is 1. The summed E-state index contributed by atoms with van der Waals surface area (Å²) in [6, 6.07) is 8.91. The molecule has 0 heterocycles. The molecule has 1 aromatic rings. The molecule has 1 atom stereocenters. The number of hydrogen-bond acceptors (Lipinski definition) is 4. The van der Waals surface area contributed by atoms with Crippen molar-refractivity contribution in [1.82, 2.24) is 0 Å². The van der Waals surface area contributed by atoms with Gasteiger partial charge in [0.05, 0.1) is 32.2 Å². The van der Waals surface area contributed by atoms with Gasteiger partial charge in [-0.3, -0.25) is 12.5 Å². The van der Waals surface area contributed by atoms with Gasteiger partial charge >= 0.3 is 0 Å². The van der Waals surface area contributed by atoms with E-state index in [0.29, 0.717) is 11.8 Å². The van der Waals surface area contributed by atoms with Gasteiger partial charge in [-0.2, -0.15) is 0 Å². The minimum Gasteiger partial charge on any atom is -0.325 e. The summed E-state index contributed by atoms with van der Waals surface area (Å²) in [4.78, 5) is 0. The maximum Gasteiger partial charge on any atom is 0.0879 e. The van der Waals surface area contributed by atoms with Crippen LogP contribution in [0.25, 0.3) is 0 Å². The fourth-order valence-electron chi connectivity index (χ4n) is 3.16. The second-order valence-electron chi connectivity index (χ2n) is 7.61. The van der Waals surface area contributed by atoms with Gasteiger partial charge in [-0.1, -0.05) is 38.1 Å². The van der Waals surface area contributed by atoms with Crippen molar-refractivity contribution in [2.24, 2.45) is 11.7 Å². The van der Waals surface area contributed by atoms with Gasteiger partial charge < -0.3 is 5.73 Å². The summed E-state index contributed by atoms with van der Waals surface area (Å²) in [5.74, 6) is 1.76. The van der Waals surface area contributed by atoms with Crippen LogP contribution in [0.15, 0.2) is 24.3 Å². The molecule has 0 aliphatic heterocycles. The van der Waals surface area contributed by atoms with E-state index < -0.39 is 10.9 Å². The largest absolute Gasteiger partial charge is 0.325 e. The summed E-state index contributed by atoms with van der Waals surface area (Å²) in [5.41, 5.74) is 8.86. The molecule has 0 bridgehead atoms. The van der Waals surface area contributed by atoms with E-state index in [1.807, 2.05) is 0 Å². The fourth-order valence-corrected chi connectivity index (χ4v) is 4.57. The highest BCUT2D eigenvalue weighted by atomic mass is 32.3. The van der Waals surface area contributed by atoms with E-state index in [1.54, 1.807) is 21.3 Å². The van der Waals surface area contributed by atoms with Gasteiger partial charge in [0.1, 0.15) is 0 Å². The highest BCUT2D eigenvalue weighted by molar-refractivity contribution is 8.21. The first-order chi connectivity index (χ1) is 11.7. The van der Waals surface area contributed by atoms with Crippen molar-refractivity contribution in [2.75, 3.05) is 27.1 Å². The summed E-state index contributed by atoms with van der Waals surface area (Å²) >= 11 is 0. The van der Waals surface area contributed by atoms with Gasteiger partial charge in [-0.05, 0) is 50.2 Å². The molecule has 1 unspecified atom stereocenters. The van der Waals surface area contributed by atoms with Gasteiger partial charge in [-0.25, -0.2) is 0 Å². The molecule has 0 spiro atoms. The van der Waals surface area contributed by atoms with Crippen molar-refractivity contribution in [1.29, 1.82) is 0 Å². The summed E-state index contributed by atoms with van der Waals surface area (Å²) in [6.07, 6.45) is 3.04. The normalized spacial score (nSPS) is 14.8. The molecule has 0 fully saturated rings. The zero-order valence-corrected chi connectivity index (χ0v) is 17.8. The molecular weight excluding hydrogens is 334 g/mol. The second kappa shape index (κ2) is 9.93. The average Bonchev–Trinajstić information content (AvgIpc) is 2.57. The monoisotopic (exact) mass is 371 g/mol. The maximum atomic E-state index is 6.43. The van der Waals surface area contributed by atoms with Gasteiger partial charge in [0.2, 0.25) is 0 Å². The molecule has 25 heavy (non-hydrogen) atoms. The SMILES string of the molecule is COS(CCCc1ccc(C(CC(C)C)C(C)(C)N)cc1)(OC)OC. The van der Waals surface area contributed by atoms with Gasteiger partial charge in [0.15, 0.2) is 0 Å². The predicted molar refractivity (Wildman–Crippen MR) is 109 cm³/mol. The third-order valence-corrected chi connectivity index (χ3v) is 6.92. The van der Waals surface area contributed by atoms with Gasteiger partial charge in [0.25, 0.3) is 0 Å². The zero-order valence-electron chi connectivity index (χ0n) is 17.0. The van der Waals surface area contributed by atoms with Crippen molar-refractivity contribution in [3.8, 4) is 0 Å². The van der Waals surface area contributed by atoms with E-state index in [9.17, 15) is 0 Å². The standard InChI is InChI=1S/C20H37NO3S/c1-16(2)15-19(20(3,4)21)18-12-10-17(11-13-18)9-8-14-25(22-5,23-6)24-7/h10-13,16,19H,8-9,14-15,21H2,1-7H3. The van der Waals surface area contributed by atoms with Crippen LogP contribution in [-0.4, -0.2) is 32.6 Å². The first-order valence-electron chi connectivity index (χ1n) is 9.03. The Kier molecular flexibility index (Phi) is 8.92. The summed E-state index contributed by atoms with van der Waals surface area (Å²) in [6.45, 7) is 8.75. The molecule has 1 rings (SSSR count). The first-order valence-corrected chi connectivity index (χ1v) is 10.6. The Balaban J connectivity index is 2.72. The Morgan fingerprint density at radius 2 is 1.52 bits per heavy atom. The van der Waals surface area contributed by atoms with Crippen molar-refractivity contribution < 1.29 is 12.5 Å². The Morgan fingerprint density at radius 1 is 1.00 bits per heavy atom. The van der Waals surface area contributed by atoms with E-state index >= 15 is 0 Å². The van der Waals surface area contributed by atoms with Crippen molar-refractivity contribution in [3.63, 3.8) is 0 Å². The molecule has 0 saturated heterocycles. The topological polar surface area (TPSA) is 53.7 Å². The molecule has 0 aliphatic carbocycles. The minimum atomic E-state index is -1.85. The lowest BCUT2D eigenvalue weighted by Gasteiger charge is -2.33. The van der Waals surface area contributed by atoms with Crippen LogP contribution in [0.5, 0.6) is 0 Å². The van der Waals surface area contributed by atoms with Crippen LogP contribution in [0.1, 0.15) is 57.6 Å².